The van der Waals surface area contributed by atoms with Crippen LogP contribution in [0, 0.1) is 0 Å². The average Bonchev–Trinajstić information content (AvgIpc) is 3.31. The minimum Gasteiger partial charge on any atom is -0.497 e. The monoisotopic (exact) mass is 421 g/mol. The van der Waals surface area contributed by atoms with Crippen molar-refractivity contribution in [2.45, 2.75) is 11.6 Å². The molecule has 0 aliphatic heterocycles. The van der Waals surface area contributed by atoms with E-state index in [1.54, 1.807) is 18.4 Å². The third-order valence-corrected chi connectivity index (χ3v) is 6.13. The van der Waals surface area contributed by atoms with Gasteiger partial charge in [-0.2, -0.15) is 0 Å². The first-order chi connectivity index (χ1) is 14.2. The highest BCUT2D eigenvalue weighted by Crippen LogP contribution is 2.29. The molecule has 0 saturated carbocycles. The summed E-state index contributed by atoms with van der Waals surface area (Å²) in [5.41, 5.74) is 1.88. The van der Waals surface area contributed by atoms with Crippen LogP contribution < -0.4 is 10.1 Å². The first kappa shape index (κ1) is 19.4. The zero-order chi connectivity index (χ0) is 20.1. The van der Waals surface area contributed by atoms with Crippen LogP contribution in [0.2, 0.25) is 0 Å². The number of thiophene rings is 1. The van der Waals surface area contributed by atoms with Gasteiger partial charge in [0.25, 0.3) is 0 Å². The van der Waals surface area contributed by atoms with Crippen LogP contribution in [0.25, 0.3) is 21.6 Å². The molecule has 0 unspecified atom stereocenters. The van der Waals surface area contributed by atoms with Crippen LogP contribution in [0.3, 0.4) is 0 Å². The lowest BCUT2D eigenvalue weighted by Crippen LogP contribution is -2.24. The Bertz CT molecular complexity index is 1130. The van der Waals surface area contributed by atoms with Gasteiger partial charge in [0, 0.05) is 11.9 Å². The minimum absolute atomic E-state index is 0.0433. The van der Waals surface area contributed by atoms with Crippen molar-refractivity contribution in [3.8, 4) is 16.5 Å². The summed E-state index contributed by atoms with van der Waals surface area (Å²) in [6.45, 7) is 0.460. The zero-order valence-electron chi connectivity index (χ0n) is 15.8. The van der Waals surface area contributed by atoms with E-state index >= 15 is 0 Å². The molecular formula is C22H19N3O2S2. The molecule has 0 aliphatic carbocycles. The molecular weight excluding hydrogens is 402 g/mol. The fourth-order valence-electron chi connectivity index (χ4n) is 2.84. The van der Waals surface area contributed by atoms with E-state index in [-0.39, 0.29) is 11.7 Å². The lowest BCUT2D eigenvalue weighted by Gasteiger charge is -2.09. The number of rotatable bonds is 7. The summed E-state index contributed by atoms with van der Waals surface area (Å²) < 4.78 is 5.22. The Labute approximate surface area is 177 Å². The number of hydrogen-bond donors (Lipinski definition) is 1. The molecule has 0 radical (unpaired) electrons. The number of fused-ring (bicyclic) bond motifs is 1. The van der Waals surface area contributed by atoms with Crippen LogP contribution >= 0.6 is 23.1 Å². The zero-order valence-corrected chi connectivity index (χ0v) is 17.4. The Morgan fingerprint density at radius 1 is 1.10 bits per heavy atom. The maximum atomic E-state index is 12.4. The van der Waals surface area contributed by atoms with Crippen molar-refractivity contribution >= 4 is 39.9 Å². The maximum absolute atomic E-state index is 12.4. The second kappa shape index (κ2) is 9.07. The van der Waals surface area contributed by atoms with E-state index in [4.69, 9.17) is 9.72 Å². The summed E-state index contributed by atoms with van der Waals surface area (Å²) in [7, 11) is 1.63. The summed E-state index contributed by atoms with van der Waals surface area (Å²) >= 11 is 3.03. The van der Waals surface area contributed by atoms with E-state index in [0.717, 1.165) is 32.1 Å². The molecule has 0 spiro atoms. The molecule has 146 valence electrons. The summed E-state index contributed by atoms with van der Waals surface area (Å²) in [5, 5.41) is 6.73. The van der Waals surface area contributed by atoms with Gasteiger partial charge in [-0.1, -0.05) is 48.2 Å². The van der Waals surface area contributed by atoms with E-state index in [0.29, 0.717) is 12.4 Å². The predicted molar refractivity (Wildman–Crippen MR) is 118 cm³/mol. The molecule has 2 aromatic carbocycles. The number of aromatic nitrogens is 2. The third kappa shape index (κ3) is 4.75. The van der Waals surface area contributed by atoms with Crippen LogP contribution in [0.1, 0.15) is 5.56 Å². The van der Waals surface area contributed by atoms with E-state index in [1.165, 1.54) is 11.8 Å². The van der Waals surface area contributed by atoms with Gasteiger partial charge in [0.05, 0.1) is 23.3 Å². The highest BCUT2D eigenvalue weighted by molar-refractivity contribution is 8.00. The molecule has 4 rings (SSSR count). The topological polar surface area (TPSA) is 64.1 Å². The highest BCUT2D eigenvalue weighted by Gasteiger charge is 2.12. The van der Waals surface area contributed by atoms with Gasteiger partial charge >= 0.3 is 0 Å². The molecule has 0 aliphatic rings. The molecule has 7 heteroatoms. The highest BCUT2D eigenvalue weighted by atomic mass is 32.2. The number of carbonyl (C=O) groups is 1. The third-order valence-electron chi connectivity index (χ3n) is 4.27. The van der Waals surface area contributed by atoms with Crippen LogP contribution in [-0.2, 0) is 11.3 Å². The molecule has 0 fully saturated rings. The normalized spacial score (nSPS) is 10.8. The Morgan fingerprint density at radius 3 is 2.83 bits per heavy atom. The van der Waals surface area contributed by atoms with Crippen LogP contribution in [0.15, 0.2) is 71.1 Å². The predicted octanol–water partition coefficient (Wildman–Crippen LogP) is 4.78. The standard InChI is InChI=1S/C22H19N3O2S2/c1-27-16-7-4-6-15(12-16)13-23-20(26)14-29-22-17-8-2-3-9-18(17)24-21(25-22)19-10-5-11-28-19/h2-12H,13-14H2,1H3,(H,23,26). The molecule has 2 aromatic heterocycles. The molecule has 29 heavy (non-hydrogen) atoms. The lowest BCUT2D eigenvalue weighted by atomic mass is 10.2. The molecule has 0 saturated heterocycles. The van der Waals surface area contributed by atoms with Gasteiger partial charge < -0.3 is 10.1 Å². The number of ether oxygens (including phenoxy) is 1. The second-order valence-corrected chi connectivity index (χ2v) is 8.18. The van der Waals surface area contributed by atoms with Crippen LogP contribution in [0.4, 0.5) is 0 Å². The molecule has 2 heterocycles. The first-order valence-corrected chi connectivity index (χ1v) is 10.9. The Morgan fingerprint density at radius 2 is 2.00 bits per heavy atom. The Balaban J connectivity index is 1.46. The number of hydrogen-bond acceptors (Lipinski definition) is 6. The SMILES string of the molecule is COc1cccc(CNC(=O)CSc2nc(-c3cccs3)nc3ccccc23)c1. The largest absolute Gasteiger partial charge is 0.497 e. The van der Waals surface area contributed by atoms with E-state index in [1.807, 2.05) is 66.0 Å². The number of thioether (sulfide) groups is 1. The average molecular weight is 422 g/mol. The Kier molecular flexibility index (Phi) is 6.07. The molecule has 0 atom stereocenters. The van der Waals surface area contributed by atoms with Gasteiger partial charge in [-0.3, -0.25) is 4.79 Å². The molecule has 0 bridgehead atoms. The van der Waals surface area contributed by atoms with Gasteiger partial charge in [0.15, 0.2) is 5.82 Å². The molecule has 1 amide bonds. The van der Waals surface area contributed by atoms with Crippen molar-refractivity contribution in [3.63, 3.8) is 0 Å². The summed E-state index contributed by atoms with van der Waals surface area (Å²) in [5.74, 6) is 1.71. The van der Waals surface area contributed by atoms with Gasteiger partial charge in [0.1, 0.15) is 10.8 Å². The van der Waals surface area contributed by atoms with Gasteiger partial charge in [-0.15, -0.1) is 11.3 Å². The maximum Gasteiger partial charge on any atom is 0.230 e. The van der Waals surface area contributed by atoms with Crippen LogP contribution in [0.5, 0.6) is 5.75 Å². The first-order valence-electron chi connectivity index (χ1n) is 9.06. The lowest BCUT2D eigenvalue weighted by molar-refractivity contribution is -0.118. The number of methoxy groups -OCH3 is 1. The number of para-hydroxylation sites is 1. The van der Waals surface area contributed by atoms with Crippen molar-refractivity contribution in [1.82, 2.24) is 15.3 Å². The van der Waals surface area contributed by atoms with Gasteiger partial charge in [-0.05, 0) is 35.2 Å². The van der Waals surface area contributed by atoms with E-state index < -0.39 is 0 Å². The Hall–Kier alpha value is -2.90. The summed E-state index contributed by atoms with van der Waals surface area (Å²) in [6.07, 6.45) is 0. The van der Waals surface area contributed by atoms with E-state index in [2.05, 4.69) is 10.3 Å². The second-order valence-electron chi connectivity index (χ2n) is 6.26. The number of amides is 1. The molecule has 5 nitrogen and oxygen atoms in total. The smallest absolute Gasteiger partial charge is 0.230 e. The minimum atomic E-state index is -0.0433. The number of benzene rings is 2. The number of carbonyl (C=O) groups excluding carboxylic acids is 1. The van der Waals surface area contributed by atoms with Gasteiger partial charge in [-0.25, -0.2) is 9.97 Å². The van der Waals surface area contributed by atoms with Crippen molar-refractivity contribution < 1.29 is 9.53 Å². The van der Waals surface area contributed by atoms with Gasteiger partial charge in [0.2, 0.25) is 5.91 Å². The molecule has 4 aromatic rings. The summed E-state index contributed by atoms with van der Waals surface area (Å²) in [6, 6.07) is 19.5. The number of nitrogens with one attached hydrogen (secondary N) is 1. The van der Waals surface area contributed by atoms with Crippen molar-refractivity contribution in [3.05, 3.63) is 71.6 Å². The van der Waals surface area contributed by atoms with Crippen molar-refractivity contribution in [1.29, 1.82) is 0 Å². The number of nitrogens with zero attached hydrogens (tertiary/aromatic N) is 2. The van der Waals surface area contributed by atoms with Crippen molar-refractivity contribution in [2.24, 2.45) is 0 Å². The fourth-order valence-corrected chi connectivity index (χ4v) is 4.35. The molecule has 1 N–H and O–H groups in total. The summed E-state index contributed by atoms with van der Waals surface area (Å²) in [4.78, 5) is 22.8. The fraction of sp³-hybridized carbons (Fsp3) is 0.136. The van der Waals surface area contributed by atoms with Crippen molar-refractivity contribution in [2.75, 3.05) is 12.9 Å². The quantitative estimate of drug-likeness (QED) is 0.344. The van der Waals surface area contributed by atoms with Crippen LogP contribution in [-0.4, -0.2) is 28.7 Å². The van der Waals surface area contributed by atoms with E-state index in [9.17, 15) is 4.79 Å².